The normalized spacial score (nSPS) is 10.9. The number of carbonyl (C=O) groups excluding carboxylic acids is 1. The fourth-order valence-corrected chi connectivity index (χ4v) is 2.85. The second-order valence-corrected chi connectivity index (χ2v) is 6.25. The average molecular weight is 329 g/mol. The number of aryl methyl sites for hydroxylation is 1. The summed E-state index contributed by atoms with van der Waals surface area (Å²) in [6.07, 6.45) is 4.21. The van der Waals surface area contributed by atoms with Crippen LogP contribution in [-0.4, -0.2) is 30.5 Å². The van der Waals surface area contributed by atoms with Crippen molar-refractivity contribution in [1.29, 1.82) is 0 Å². The van der Waals surface area contributed by atoms with E-state index in [1.807, 2.05) is 30.5 Å². The van der Waals surface area contributed by atoms with Gasteiger partial charge in [0.1, 0.15) is 0 Å². The Morgan fingerprint density at radius 1 is 1.35 bits per heavy atom. The number of hydrogen-bond acceptors (Lipinski definition) is 4. The maximum absolute atomic E-state index is 11.8. The van der Waals surface area contributed by atoms with Crippen LogP contribution in [0.3, 0.4) is 0 Å². The van der Waals surface area contributed by atoms with Crippen molar-refractivity contribution >= 4 is 29.0 Å². The van der Waals surface area contributed by atoms with Crippen LogP contribution in [-0.2, 0) is 4.79 Å². The molecule has 0 bridgehead atoms. The molecule has 0 fully saturated rings. The van der Waals surface area contributed by atoms with Crippen LogP contribution >= 0.6 is 11.3 Å². The molecule has 23 heavy (non-hydrogen) atoms. The highest BCUT2D eigenvalue weighted by atomic mass is 32.1. The molecule has 0 saturated carbocycles. The first-order chi connectivity index (χ1) is 11.2. The predicted molar refractivity (Wildman–Crippen MR) is 97.8 cm³/mol. The van der Waals surface area contributed by atoms with Crippen LogP contribution in [0.15, 0.2) is 41.8 Å². The number of aromatic nitrogens is 1. The molecule has 122 valence electrons. The summed E-state index contributed by atoms with van der Waals surface area (Å²) in [4.78, 5) is 18.4. The molecular weight excluding hydrogens is 306 g/mol. The molecular formula is C18H23N3OS. The minimum absolute atomic E-state index is 0.0709. The Bertz CT molecular complexity index is 637. The van der Waals surface area contributed by atoms with E-state index in [9.17, 15) is 4.79 Å². The van der Waals surface area contributed by atoms with Crippen LogP contribution < -0.4 is 10.2 Å². The van der Waals surface area contributed by atoms with Crippen molar-refractivity contribution in [2.45, 2.75) is 20.3 Å². The molecule has 0 aliphatic carbocycles. The molecule has 2 aromatic rings. The SMILES string of the molecule is CCN(CCCNC(=O)/C=C/c1csc(C)n1)c1ccccc1. The van der Waals surface area contributed by atoms with E-state index < -0.39 is 0 Å². The molecule has 0 aliphatic rings. The van der Waals surface area contributed by atoms with E-state index >= 15 is 0 Å². The fourth-order valence-electron chi connectivity index (χ4n) is 2.27. The Morgan fingerprint density at radius 3 is 2.78 bits per heavy atom. The fraction of sp³-hybridized carbons (Fsp3) is 0.333. The van der Waals surface area contributed by atoms with Gasteiger partial charge in [-0.2, -0.15) is 0 Å². The zero-order valence-corrected chi connectivity index (χ0v) is 14.5. The van der Waals surface area contributed by atoms with Gasteiger partial charge in [-0.3, -0.25) is 4.79 Å². The number of nitrogens with zero attached hydrogens (tertiary/aromatic N) is 2. The number of benzene rings is 1. The maximum Gasteiger partial charge on any atom is 0.244 e. The van der Waals surface area contributed by atoms with Gasteiger partial charge in [-0.05, 0) is 38.5 Å². The molecule has 1 aromatic carbocycles. The third-order valence-corrected chi connectivity index (χ3v) is 4.24. The molecule has 1 amide bonds. The Hall–Kier alpha value is -2.14. The summed E-state index contributed by atoms with van der Waals surface area (Å²) in [7, 11) is 0. The Balaban J connectivity index is 1.70. The van der Waals surface area contributed by atoms with E-state index in [-0.39, 0.29) is 5.91 Å². The number of thiazole rings is 1. The molecule has 0 spiro atoms. The van der Waals surface area contributed by atoms with Crippen molar-refractivity contribution in [3.05, 3.63) is 52.5 Å². The number of amides is 1. The van der Waals surface area contributed by atoms with Crippen LogP contribution in [0, 0.1) is 6.92 Å². The summed E-state index contributed by atoms with van der Waals surface area (Å²) in [6, 6.07) is 10.3. The molecule has 5 heteroatoms. The van der Waals surface area contributed by atoms with E-state index in [2.05, 4.69) is 34.3 Å². The monoisotopic (exact) mass is 329 g/mol. The molecule has 0 aliphatic heterocycles. The molecule has 0 saturated heterocycles. The largest absolute Gasteiger partial charge is 0.372 e. The van der Waals surface area contributed by atoms with Crippen molar-refractivity contribution in [1.82, 2.24) is 10.3 Å². The summed E-state index contributed by atoms with van der Waals surface area (Å²) in [5.74, 6) is -0.0709. The van der Waals surface area contributed by atoms with Crippen LogP contribution in [0.5, 0.6) is 0 Å². The number of carbonyl (C=O) groups is 1. The van der Waals surface area contributed by atoms with Gasteiger partial charge in [-0.15, -0.1) is 11.3 Å². The summed E-state index contributed by atoms with van der Waals surface area (Å²) in [6.45, 7) is 6.65. The van der Waals surface area contributed by atoms with Crippen molar-refractivity contribution in [3.8, 4) is 0 Å². The predicted octanol–water partition coefficient (Wildman–Crippen LogP) is 3.50. The standard InChI is InChI=1S/C18H23N3OS/c1-3-21(17-8-5-4-6-9-17)13-7-12-19-18(22)11-10-16-14-23-15(2)20-16/h4-6,8-11,14H,3,7,12-13H2,1-2H3,(H,19,22)/b11-10+. The summed E-state index contributed by atoms with van der Waals surface area (Å²) in [5.41, 5.74) is 2.06. The molecule has 1 N–H and O–H groups in total. The lowest BCUT2D eigenvalue weighted by molar-refractivity contribution is -0.116. The zero-order valence-electron chi connectivity index (χ0n) is 13.7. The van der Waals surface area contributed by atoms with Crippen molar-refractivity contribution in [3.63, 3.8) is 0 Å². The first kappa shape index (κ1) is 17.2. The van der Waals surface area contributed by atoms with Crippen LogP contribution in [0.25, 0.3) is 6.08 Å². The maximum atomic E-state index is 11.8. The topological polar surface area (TPSA) is 45.2 Å². The highest BCUT2D eigenvalue weighted by Crippen LogP contribution is 2.12. The van der Waals surface area contributed by atoms with Gasteiger partial charge in [0.2, 0.25) is 5.91 Å². The highest BCUT2D eigenvalue weighted by Gasteiger charge is 2.03. The Morgan fingerprint density at radius 2 is 2.13 bits per heavy atom. The highest BCUT2D eigenvalue weighted by molar-refractivity contribution is 7.09. The van der Waals surface area contributed by atoms with Gasteiger partial charge < -0.3 is 10.2 Å². The van der Waals surface area contributed by atoms with Gasteiger partial charge in [0.25, 0.3) is 0 Å². The lowest BCUT2D eigenvalue weighted by atomic mass is 10.2. The number of hydrogen-bond donors (Lipinski definition) is 1. The van der Waals surface area contributed by atoms with E-state index in [0.29, 0.717) is 6.54 Å². The Kier molecular flexibility index (Phi) is 6.81. The smallest absolute Gasteiger partial charge is 0.244 e. The van der Waals surface area contributed by atoms with Crippen LogP contribution in [0.4, 0.5) is 5.69 Å². The first-order valence-electron chi connectivity index (χ1n) is 7.87. The van der Waals surface area contributed by atoms with E-state index in [1.165, 1.54) is 5.69 Å². The molecule has 2 rings (SSSR count). The van der Waals surface area contributed by atoms with Crippen LogP contribution in [0.2, 0.25) is 0 Å². The summed E-state index contributed by atoms with van der Waals surface area (Å²) >= 11 is 1.58. The number of anilines is 1. The zero-order chi connectivity index (χ0) is 16.5. The van der Waals surface area contributed by atoms with E-state index in [4.69, 9.17) is 0 Å². The second kappa shape index (κ2) is 9.10. The minimum Gasteiger partial charge on any atom is -0.372 e. The van der Waals surface area contributed by atoms with Gasteiger partial charge in [0, 0.05) is 36.8 Å². The number of para-hydroxylation sites is 1. The van der Waals surface area contributed by atoms with E-state index in [0.717, 1.165) is 30.2 Å². The van der Waals surface area contributed by atoms with Gasteiger partial charge in [-0.1, -0.05) is 18.2 Å². The Labute approximate surface area is 141 Å². The van der Waals surface area contributed by atoms with Crippen molar-refractivity contribution in [2.24, 2.45) is 0 Å². The van der Waals surface area contributed by atoms with Gasteiger partial charge in [0.15, 0.2) is 0 Å². The lowest BCUT2D eigenvalue weighted by Gasteiger charge is -2.23. The van der Waals surface area contributed by atoms with Crippen LogP contribution in [0.1, 0.15) is 24.0 Å². The third kappa shape index (κ3) is 5.87. The number of rotatable bonds is 8. The average Bonchev–Trinajstić information content (AvgIpc) is 2.99. The molecule has 1 heterocycles. The molecule has 4 nitrogen and oxygen atoms in total. The second-order valence-electron chi connectivity index (χ2n) is 5.18. The van der Waals surface area contributed by atoms with Gasteiger partial charge in [0.05, 0.1) is 10.7 Å². The van der Waals surface area contributed by atoms with Crippen molar-refractivity contribution < 1.29 is 4.79 Å². The molecule has 1 aromatic heterocycles. The number of nitrogens with one attached hydrogen (secondary N) is 1. The molecule has 0 radical (unpaired) electrons. The van der Waals surface area contributed by atoms with E-state index in [1.54, 1.807) is 23.5 Å². The van der Waals surface area contributed by atoms with Gasteiger partial charge >= 0.3 is 0 Å². The first-order valence-corrected chi connectivity index (χ1v) is 8.75. The summed E-state index contributed by atoms with van der Waals surface area (Å²) in [5, 5.41) is 5.86. The minimum atomic E-state index is -0.0709. The molecule has 0 atom stereocenters. The van der Waals surface area contributed by atoms with Gasteiger partial charge in [-0.25, -0.2) is 4.98 Å². The summed E-state index contributed by atoms with van der Waals surface area (Å²) < 4.78 is 0. The van der Waals surface area contributed by atoms with Crippen molar-refractivity contribution in [2.75, 3.05) is 24.5 Å². The molecule has 0 unspecified atom stereocenters. The quantitative estimate of drug-likeness (QED) is 0.595. The lowest BCUT2D eigenvalue weighted by Crippen LogP contribution is -2.29. The third-order valence-electron chi connectivity index (χ3n) is 3.45.